The van der Waals surface area contributed by atoms with Gasteiger partial charge in [-0.3, -0.25) is 10.2 Å². The molecule has 0 saturated heterocycles. The Bertz CT molecular complexity index is 396. The summed E-state index contributed by atoms with van der Waals surface area (Å²) in [6.07, 6.45) is -0.693. The van der Waals surface area contributed by atoms with Crippen molar-refractivity contribution < 1.29 is 14.3 Å². The van der Waals surface area contributed by atoms with Gasteiger partial charge in [-0.25, -0.2) is 10.2 Å². The third kappa shape index (κ3) is 5.01. The van der Waals surface area contributed by atoms with E-state index in [4.69, 9.17) is 4.74 Å². The molecule has 0 radical (unpaired) electrons. The van der Waals surface area contributed by atoms with Crippen LogP contribution in [-0.2, 0) is 4.74 Å². The van der Waals surface area contributed by atoms with E-state index in [1.807, 2.05) is 0 Å². The standard InChI is InChI=1S/C12H16N2O3/c1-12(2,3)17-11(16)14-13-10(15)9-7-5-4-6-8-9/h4-8H,1-3H3,(H,13,15)(H,14,16). The summed E-state index contributed by atoms with van der Waals surface area (Å²) in [6.45, 7) is 5.22. The Balaban J connectivity index is 2.42. The van der Waals surface area contributed by atoms with E-state index in [-0.39, 0.29) is 0 Å². The molecule has 1 aromatic rings. The molecule has 0 fully saturated rings. The number of hydrogen-bond donors (Lipinski definition) is 2. The summed E-state index contributed by atoms with van der Waals surface area (Å²) in [7, 11) is 0. The molecule has 2 N–H and O–H groups in total. The van der Waals surface area contributed by atoms with Crippen molar-refractivity contribution in [3.05, 3.63) is 35.9 Å². The predicted octanol–water partition coefficient (Wildman–Crippen LogP) is 1.86. The van der Waals surface area contributed by atoms with Crippen LogP contribution in [0.25, 0.3) is 0 Å². The van der Waals surface area contributed by atoms with E-state index in [0.29, 0.717) is 5.56 Å². The van der Waals surface area contributed by atoms with Gasteiger partial charge in [-0.05, 0) is 32.9 Å². The van der Waals surface area contributed by atoms with Crippen molar-refractivity contribution in [2.45, 2.75) is 26.4 Å². The van der Waals surface area contributed by atoms with Crippen LogP contribution in [0.5, 0.6) is 0 Å². The van der Waals surface area contributed by atoms with Gasteiger partial charge in [0.2, 0.25) is 0 Å². The Morgan fingerprint density at radius 3 is 2.18 bits per heavy atom. The second-order valence-corrected chi connectivity index (χ2v) is 4.45. The van der Waals surface area contributed by atoms with Crippen LogP contribution in [0.15, 0.2) is 30.3 Å². The van der Waals surface area contributed by atoms with Crippen molar-refractivity contribution in [2.24, 2.45) is 0 Å². The first-order chi connectivity index (χ1) is 7.88. The highest BCUT2D eigenvalue weighted by Gasteiger charge is 2.16. The van der Waals surface area contributed by atoms with E-state index in [9.17, 15) is 9.59 Å². The first-order valence-electron chi connectivity index (χ1n) is 5.23. The number of carbonyl (C=O) groups excluding carboxylic acids is 2. The first kappa shape index (κ1) is 13.0. The van der Waals surface area contributed by atoms with E-state index >= 15 is 0 Å². The highest BCUT2D eigenvalue weighted by atomic mass is 16.6. The van der Waals surface area contributed by atoms with E-state index in [1.165, 1.54) is 0 Å². The maximum Gasteiger partial charge on any atom is 0.426 e. The lowest BCUT2D eigenvalue weighted by Gasteiger charge is -2.19. The van der Waals surface area contributed by atoms with E-state index < -0.39 is 17.6 Å². The summed E-state index contributed by atoms with van der Waals surface area (Å²) in [5, 5.41) is 0. The fraction of sp³-hybridized carbons (Fsp3) is 0.333. The third-order valence-electron chi connectivity index (χ3n) is 1.71. The van der Waals surface area contributed by atoms with Crippen LogP contribution in [0, 0.1) is 0 Å². The number of hydrazine groups is 1. The molecule has 5 nitrogen and oxygen atoms in total. The monoisotopic (exact) mass is 236 g/mol. The smallest absolute Gasteiger partial charge is 0.426 e. The molecular formula is C12H16N2O3. The number of nitrogens with one attached hydrogen (secondary N) is 2. The van der Waals surface area contributed by atoms with Crippen LogP contribution in [0.4, 0.5) is 4.79 Å². The van der Waals surface area contributed by atoms with Crippen LogP contribution < -0.4 is 10.9 Å². The molecule has 0 atom stereocenters. The Morgan fingerprint density at radius 1 is 1.06 bits per heavy atom. The second kappa shape index (κ2) is 5.34. The normalized spacial score (nSPS) is 10.5. The van der Waals surface area contributed by atoms with Gasteiger partial charge in [-0.1, -0.05) is 18.2 Å². The summed E-state index contributed by atoms with van der Waals surface area (Å²) in [4.78, 5) is 22.8. The number of amides is 2. The van der Waals surface area contributed by atoms with Crippen LogP contribution in [-0.4, -0.2) is 17.6 Å². The third-order valence-corrected chi connectivity index (χ3v) is 1.71. The van der Waals surface area contributed by atoms with Crippen LogP contribution in [0.2, 0.25) is 0 Å². The lowest BCUT2D eigenvalue weighted by molar-refractivity contribution is 0.0483. The van der Waals surface area contributed by atoms with E-state index in [0.717, 1.165) is 0 Å². The zero-order valence-corrected chi connectivity index (χ0v) is 10.1. The molecule has 2 amide bonds. The largest absolute Gasteiger partial charge is 0.443 e. The van der Waals surface area contributed by atoms with Crippen LogP contribution >= 0.6 is 0 Å². The molecule has 0 aromatic heterocycles. The van der Waals surface area contributed by atoms with Gasteiger partial charge >= 0.3 is 6.09 Å². The molecule has 0 unspecified atom stereocenters. The summed E-state index contributed by atoms with van der Waals surface area (Å²) >= 11 is 0. The molecule has 0 bridgehead atoms. The van der Waals surface area contributed by atoms with Crippen molar-refractivity contribution in [1.82, 2.24) is 10.9 Å². The number of ether oxygens (including phenoxy) is 1. The summed E-state index contributed by atoms with van der Waals surface area (Å²) < 4.78 is 4.96. The van der Waals surface area contributed by atoms with Gasteiger partial charge in [0, 0.05) is 5.56 Å². The van der Waals surface area contributed by atoms with Crippen molar-refractivity contribution in [1.29, 1.82) is 0 Å². The van der Waals surface area contributed by atoms with Crippen molar-refractivity contribution in [2.75, 3.05) is 0 Å². The molecule has 0 heterocycles. The van der Waals surface area contributed by atoms with E-state index in [1.54, 1.807) is 51.1 Å². The Labute approximate surface area is 100 Å². The first-order valence-corrected chi connectivity index (χ1v) is 5.23. The number of rotatable bonds is 1. The quantitative estimate of drug-likeness (QED) is 0.731. The molecule has 0 saturated carbocycles. The van der Waals surface area contributed by atoms with Gasteiger partial charge in [0.25, 0.3) is 5.91 Å². The molecule has 1 aromatic carbocycles. The Hall–Kier alpha value is -2.04. The minimum Gasteiger partial charge on any atom is -0.443 e. The lowest BCUT2D eigenvalue weighted by atomic mass is 10.2. The summed E-state index contributed by atoms with van der Waals surface area (Å²) in [5.74, 6) is -0.392. The number of carbonyl (C=O) groups is 2. The topological polar surface area (TPSA) is 67.4 Å². The van der Waals surface area contributed by atoms with Gasteiger partial charge in [0.05, 0.1) is 0 Å². The Morgan fingerprint density at radius 2 is 1.65 bits per heavy atom. The summed E-state index contributed by atoms with van der Waals surface area (Å²) in [5.41, 5.74) is 4.30. The molecular weight excluding hydrogens is 220 g/mol. The lowest BCUT2D eigenvalue weighted by Crippen LogP contribution is -2.44. The molecule has 0 spiro atoms. The minimum absolute atomic E-state index is 0.392. The highest BCUT2D eigenvalue weighted by Crippen LogP contribution is 2.06. The van der Waals surface area contributed by atoms with E-state index in [2.05, 4.69) is 10.9 Å². The fourth-order valence-electron chi connectivity index (χ4n) is 1.07. The van der Waals surface area contributed by atoms with Crippen molar-refractivity contribution in [3.8, 4) is 0 Å². The molecule has 5 heteroatoms. The second-order valence-electron chi connectivity index (χ2n) is 4.45. The zero-order valence-electron chi connectivity index (χ0n) is 10.1. The van der Waals surface area contributed by atoms with Crippen LogP contribution in [0.3, 0.4) is 0 Å². The van der Waals surface area contributed by atoms with Gasteiger partial charge in [-0.15, -0.1) is 0 Å². The molecule has 92 valence electrons. The predicted molar refractivity (Wildman–Crippen MR) is 63.3 cm³/mol. The maximum absolute atomic E-state index is 11.5. The van der Waals surface area contributed by atoms with Gasteiger partial charge < -0.3 is 4.74 Å². The number of benzene rings is 1. The average Bonchev–Trinajstić information content (AvgIpc) is 2.25. The van der Waals surface area contributed by atoms with Gasteiger partial charge in [0.15, 0.2) is 0 Å². The van der Waals surface area contributed by atoms with Crippen molar-refractivity contribution >= 4 is 12.0 Å². The SMILES string of the molecule is CC(C)(C)OC(=O)NNC(=O)c1ccccc1. The number of hydrogen-bond acceptors (Lipinski definition) is 3. The van der Waals surface area contributed by atoms with Gasteiger partial charge in [-0.2, -0.15) is 0 Å². The summed E-state index contributed by atoms with van der Waals surface area (Å²) in [6, 6.07) is 8.57. The molecule has 0 aliphatic carbocycles. The van der Waals surface area contributed by atoms with Gasteiger partial charge in [0.1, 0.15) is 5.60 Å². The highest BCUT2D eigenvalue weighted by molar-refractivity contribution is 5.94. The fourth-order valence-corrected chi connectivity index (χ4v) is 1.07. The zero-order chi connectivity index (χ0) is 12.9. The van der Waals surface area contributed by atoms with Crippen LogP contribution in [0.1, 0.15) is 31.1 Å². The molecule has 1 rings (SSSR count). The molecule has 0 aliphatic heterocycles. The molecule has 17 heavy (non-hydrogen) atoms. The van der Waals surface area contributed by atoms with Crippen molar-refractivity contribution in [3.63, 3.8) is 0 Å². The minimum atomic E-state index is -0.693. The maximum atomic E-state index is 11.5. The Kier molecular flexibility index (Phi) is 4.09. The molecule has 0 aliphatic rings. The average molecular weight is 236 g/mol.